The van der Waals surface area contributed by atoms with Crippen LogP contribution in [-0.4, -0.2) is 38.6 Å². The van der Waals surface area contributed by atoms with Gasteiger partial charge < -0.3 is 9.84 Å². The van der Waals surface area contributed by atoms with E-state index in [9.17, 15) is 5.11 Å². The van der Waals surface area contributed by atoms with E-state index in [4.69, 9.17) is 4.74 Å². The maximum absolute atomic E-state index is 10.8. The van der Waals surface area contributed by atoms with Crippen molar-refractivity contribution in [2.24, 2.45) is 13.0 Å². The summed E-state index contributed by atoms with van der Waals surface area (Å²) in [6, 6.07) is 2.05. The first kappa shape index (κ1) is 14.4. The van der Waals surface area contributed by atoms with Crippen LogP contribution < -0.4 is 0 Å². The smallest absolute Gasteiger partial charge is 0.0986 e. The Labute approximate surface area is 124 Å². The second-order valence-electron chi connectivity index (χ2n) is 6.07. The Balaban J connectivity index is 1.75. The third-order valence-corrected chi connectivity index (χ3v) is 5.90. The number of ether oxygens (including phenoxy) is 1. The minimum atomic E-state index is -0.417. The Hall–Kier alpha value is -0.520. The summed E-state index contributed by atoms with van der Waals surface area (Å²) in [7, 11) is 1.93. The van der Waals surface area contributed by atoms with Crippen LogP contribution in [0.25, 0.3) is 0 Å². The van der Waals surface area contributed by atoms with E-state index in [1.54, 1.807) is 0 Å². The van der Waals surface area contributed by atoms with Gasteiger partial charge in [-0.1, -0.05) is 6.92 Å². The molecule has 20 heavy (non-hydrogen) atoms. The maximum atomic E-state index is 10.8. The standard InChI is InChI=1S/C15H24N2O2S/c1-3-12-8-13(17(2)16-12)14(18)11-4-6-19-15(9-11)5-7-20-10-15/h8,11,14,18H,3-7,9-10H2,1-2H3. The molecule has 3 rings (SSSR count). The van der Waals surface area contributed by atoms with E-state index in [-0.39, 0.29) is 5.60 Å². The van der Waals surface area contributed by atoms with Crippen LogP contribution in [0.2, 0.25) is 0 Å². The fraction of sp³-hybridized carbons (Fsp3) is 0.800. The molecule has 4 nitrogen and oxygen atoms in total. The lowest BCUT2D eigenvalue weighted by Crippen LogP contribution is -2.41. The largest absolute Gasteiger partial charge is 0.387 e. The van der Waals surface area contributed by atoms with E-state index in [1.807, 2.05) is 23.5 Å². The summed E-state index contributed by atoms with van der Waals surface area (Å²) in [6.45, 7) is 2.87. The number of nitrogens with zero attached hydrogens (tertiary/aromatic N) is 2. The van der Waals surface area contributed by atoms with E-state index >= 15 is 0 Å². The first-order valence-corrected chi connectivity index (χ1v) is 8.71. The molecule has 1 spiro atoms. The molecule has 3 atom stereocenters. The molecule has 2 aliphatic heterocycles. The van der Waals surface area contributed by atoms with Gasteiger partial charge >= 0.3 is 0 Å². The van der Waals surface area contributed by atoms with Gasteiger partial charge in [-0.3, -0.25) is 4.68 Å². The Morgan fingerprint density at radius 3 is 3.15 bits per heavy atom. The van der Waals surface area contributed by atoms with Crippen LogP contribution >= 0.6 is 11.8 Å². The predicted molar refractivity (Wildman–Crippen MR) is 80.9 cm³/mol. The molecule has 2 aliphatic rings. The van der Waals surface area contributed by atoms with E-state index < -0.39 is 6.10 Å². The fourth-order valence-corrected chi connectivity index (χ4v) is 4.81. The van der Waals surface area contributed by atoms with Gasteiger partial charge in [-0.25, -0.2) is 0 Å². The molecule has 2 saturated heterocycles. The number of aliphatic hydroxyl groups is 1. The summed E-state index contributed by atoms with van der Waals surface area (Å²) >= 11 is 1.98. The highest BCUT2D eigenvalue weighted by Crippen LogP contribution is 2.43. The third-order valence-electron chi connectivity index (χ3n) is 4.68. The first-order chi connectivity index (χ1) is 9.63. The lowest BCUT2D eigenvalue weighted by atomic mass is 9.81. The average Bonchev–Trinajstić information content (AvgIpc) is 3.05. The fourth-order valence-electron chi connectivity index (χ4n) is 3.43. The van der Waals surface area contributed by atoms with Crippen molar-refractivity contribution in [2.75, 3.05) is 18.1 Å². The highest BCUT2D eigenvalue weighted by Gasteiger charge is 2.42. The van der Waals surface area contributed by atoms with Gasteiger partial charge in [0.05, 0.1) is 23.1 Å². The van der Waals surface area contributed by atoms with Crippen LogP contribution in [0.15, 0.2) is 6.07 Å². The monoisotopic (exact) mass is 296 g/mol. The lowest BCUT2D eigenvalue weighted by molar-refractivity contribution is -0.103. The molecular formula is C15H24N2O2S. The molecule has 0 aliphatic carbocycles. The molecule has 0 aromatic carbocycles. The number of aromatic nitrogens is 2. The molecular weight excluding hydrogens is 272 g/mol. The predicted octanol–water partition coefficient (Wildman–Crippen LogP) is 2.32. The summed E-state index contributed by atoms with van der Waals surface area (Å²) < 4.78 is 7.89. The summed E-state index contributed by atoms with van der Waals surface area (Å²) in [5, 5.41) is 15.2. The zero-order chi connectivity index (χ0) is 14.2. The molecule has 1 N–H and O–H groups in total. The molecule has 0 bridgehead atoms. The Morgan fingerprint density at radius 1 is 1.65 bits per heavy atom. The molecule has 5 heteroatoms. The zero-order valence-electron chi connectivity index (χ0n) is 12.3. The molecule has 3 unspecified atom stereocenters. The summed E-state index contributed by atoms with van der Waals surface area (Å²) in [5.74, 6) is 2.57. The number of hydrogen-bond acceptors (Lipinski definition) is 4. The van der Waals surface area contributed by atoms with Crippen LogP contribution in [-0.2, 0) is 18.2 Å². The highest BCUT2D eigenvalue weighted by atomic mass is 32.2. The van der Waals surface area contributed by atoms with E-state index in [0.717, 1.165) is 49.4 Å². The summed E-state index contributed by atoms with van der Waals surface area (Å²) in [4.78, 5) is 0. The quantitative estimate of drug-likeness (QED) is 0.930. The van der Waals surface area contributed by atoms with Crippen molar-refractivity contribution in [2.45, 2.75) is 44.3 Å². The molecule has 0 radical (unpaired) electrons. The third kappa shape index (κ3) is 2.63. The van der Waals surface area contributed by atoms with E-state index in [0.29, 0.717) is 5.92 Å². The number of aryl methyl sites for hydroxylation is 2. The SMILES string of the molecule is CCc1cc(C(O)C2CCOC3(CCSC3)C2)n(C)n1. The molecule has 0 amide bonds. The van der Waals surface area contributed by atoms with Gasteiger partial charge in [-0.15, -0.1) is 0 Å². The summed E-state index contributed by atoms with van der Waals surface area (Å²) in [5.41, 5.74) is 2.04. The van der Waals surface area contributed by atoms with Crippen LogP contribution in [0.4, 0.5) is 0 Å². The molecule has 1 aromatic heterocycles. The van der Waals surface area contributed by atoms with Gasteiger partial charge in [-0.2, -0.15) is 16.9 Å². The van der Waals surface area contributed by atoms with Crippen molar-refractivity contribution in [3.8, 4) is 0 Å². The first-order valence-electron chi connectivity index (χ1n) is 7.56. The molecule has 1 aromatic rings. The minimum absolute atomic E-state index is 0.0285. The minimum Gasteiger partial charge on any atom is -0.387 e. The Bertz CT molecular complexity index is 468. The van der Waals surface area contributed by atoms with Crippen molar-refractivity contribution in [1.29, 1.82) is 0 Å². The van der Waals surface area contributed by atoms with Crippen LogP contribution in [0.5, 0.6) is 0 Å². The second-order valence-corrected chi connectivity index (χ2v) is 7.17. The Kier molecular flexibility index (Phi) is 4.11. The normalized spacial score (nSPS) is 31.9. The van der Waals surface area contributed by atoms with Gasteiger partial charge in [0.2, 0.25) is 0 Å². The topological polar surface area (TPSA) is 47.3 Å². The van der Waals surface area contributed by atoms with Crippen LogP contribution in [0.3, 0.4) is 0 Å². The molecule has 0 saturated carbocycles. The van der Waals surface area contributed by atoms with Crippen LogP contribution in [0, 0.1) is 5.92 Å². The van der Waals surface area contributed by atoms with Crippen molar-refractivity contribution >= 4 is 11.8 Å². The number of hydrogen-bond donors (Lipinski definition) is 1. The second kappa shape index (κ2) is 5.70. The van der Waals surface area contributed by atoms with E-state index in [1.165, 1.54) is 5.75 Å². The van der Waals surface area contributed by atoms with E-state index in [2.05, 4.69) is 18.1 Å². The van der Waals surface area contributed by atoms with Crippen molar-refractivity contribution in [3.63, 3.8) is 0 Å². The lowest BCUT2D eigenvalue weighted by Gasteiger charge is -2.39. The highest BCUT2D eigenvalue weighted by molar-refractivity contribution is 7.99. The Morgan fingerprint density at radius 2 is 2.50 bits per heavy atom. The molecule has 2 fully saturated rings. The zero-order valence-corrected chi connectivity index (χ0v) is 13.2. The van der Waals surface area contributed by atoms with Gasteiger partial charge in [-0.05, 0) is 43.4 Å². The average molecular weight is 296 g/mol. The summed E-state index contributed by atoms with van der Waals surface area (Å²) in [6.07, 6.45) is 3.55. The number of rotatable bonds is 3. The molecule has 3 heterocycles. The molecule has 112 valence electrons. The van der Waals surface area contributed by atoms with Crippen LogP contribution in [0.1, 0.15) is 43.7 Å². The van der Waals surface area contributed by atoms with Crippen molar-refractivity contribution < 1.29 is 9.84 Å². The number of aliphatic hydroxyl groups excluding tert-OH is 1. The van der Waals surface area contributed by atoms with Gasteiger partial charge in [0.15, 0.2) is 0 Å². The van der Waals surface area contributed by atoms with Gasteiger partial charge in [0.1, 0.15) is 0 Å². The number of thioether (sulfide) groups is 1. The van der Waals surface area contributed by atoms with Crippen molar-refractivity contribution in [1.82, 2.24) is 9.78 Å². The van der Waals surface area contributed by atoms with Gasteiger partial charge in [0.25, 0.3) is 0 Å². The van der Waals surface area contributed by atoms with Gasteiger partial charge in [0, 0.05) is 19.4 Å². The van der Waals surface area contributed by atoms with Crippen molar-refractivity contribution in [3.05, 3.63) is 17.5 Å². The maximum Gasteiger partial charge on any atom is 0.0986 e.